The van der Waals surface area contributed by atoms with Crippen LogP contribution in [0, 0.1) is 18.8 Å². The van der Waals surface area contributed by atoms with Crippen molar-refractivity contribution in [3.63, 3.8) is 0 Å². The summed E-state index contributed by atoms with van der Waals surface area (Å²) < 4.78 is 20.9. The summed E-state index contributed by atoms with van der Waals surface area (Å²) in [6.07, 6.45) is 4.68. The third-order valence-corrected chi connectivity index (χ3v) is 8.77. The van der Waals surface area contributed by atoms with Gasteiger partial charge in [-0.25, -0.2) is 4.39 Å². The molecule has 2 unspecified atom stereocenters. The Morgan fingerprint density at radius 3 is 2.87 bits per heavy atom. The molecule has 1 saturated heterocycles. The lowest BCUT2D eigenvalue weighted by Crippen LogP contribution is -2.41. The Hall–Kier alpha value is -2.64. The number of alkyl halides is 1. The number of likely N-dealkylation sites (tertiary alicyclic amines) is 1. The monoisotopic (exact) mass is 538 g/mol. The normalized spacial score (nSPS) is 18.9. The number of benzene rings is 2. The van der Waals surface area contributed by atoms with Gasteiger partial charge in [0.2, 0.25) is 0 Å². The minimum atomic E-state index is -1.09. The first kappa shape index (κ1) is 28.4. The summed E-state index contributed by atoms with van der Waals surface area (Å²) in [5.74, 6) is 1.63. The van der Waals surface area contributed by atoms with Crippen molar-refractivity contribution >= 4 is 28.6 Å². The number of carbonyl (C=O) groups is 1. The maximum atomic E-state index is 15.6. The molecule has 0 spiro atoms. The van der Waals surface area contributed by atoms with E-state index in [9.17, 15) is 9.90 Å². The van der Waals surface area contributed by atoms with Crippen molar-refractivity contribution in [3.8, 4) is 5.75 Å². The predicted molar refractivity (Wildman–Crippen MR) is 153 cm³/mol. The molecule has 204 valence electrons. The Morgan fingerprint density at radius 2 is 2.08 bits per heavy atom. The molecule has 0 aliphatic carbocycles. The molecule has 1 aliphatic heterocycles. The quantitative estimate of drug-likeness (QED) is 0.182. The SMILES string of the molecule is COc1ccc2nccc([C@@H](F)CCC3CCN(CCCSc4cccc(C)c4)CC3CCC(=O)O)c2c1. The van der Waals surface area contributed by atoms with E-state index in [0.29, 0.717) is 30.1 Å². The van der Waals surface area contributed by atoms with Crippen molar-refractivity contribution in [2.45, 2.75) is 56.5 Å². The molecule has 0 radical (unpaired) electrons. The van der Waals surface area contributed by atoms with Gasteiger partial charge >= 0.3 is 5.97 Å². The molecule has 2 aromatic carbocycles. The number of aryl methyl sites for hydroxylation is 1. The van der Waals surface area contributed by atoms with Crippen LogP contribution in [0.1, 0.15) is 55.8 Å². The Morgan fingerprint density at radius 1 is 1.21 bits per heavy atom. The average Bonchev–Trinajstić information content (AvgIpc) is 2.92. The molecular formula is C31H39FN2O3S. The van der Waals surface area contributed by atoms with Gasteiger partial charge in [0.25, 0.3) is 0 Å². The Bertz CT molecular complexity index is 1210. The summed E-state index contributed by atoms with van der Waals surface area (Å²) in [4.78, 5) is 19.5. The number of aromatic nitrogens is 1. The van der Waals surface area contributed by atoms with Crippen molar-refractivity contribution in [3.05, 3.63) is 65.9 Å². The first-order chi connectivity index (χ1) is 18.4. The van der Waals surface area contributed by atoms with E-state index in [2.05, 4.69) is 41.1 Å². The average molecular weight is 539 g/mol. The van der Waals surface area contributed by atoms with Crippen LogP contribution < -0.4 is 4.74 Å². The number of pyridine rings is 1. The summed E-state index contributed by atoms with van der Waals surface area (Å²) in [6.45, 7) is 5.04. The van der Waals surface area contributed by atoms with E-state index in [1.54, 1.807) is 19.4 Å². The molecule has 1 fully saturated rings. The number of rotatable bonds is 13. The molecule has 38 heavy (non-hydrogen) atoms. The summed E-state index contributed by atoms with van der Waals surface area (Å²) in [5, 5.41) is 10.1. The Labute approximate surface area is 229 Å². The van der Waals surface area contributed by atoms with Crippen LogP contribution in [-0.4, -0.2) is 53.5 Å². The first-order valence-electron chi connectivity index (χ1n) is 13.6. The van der Waals surface area contributed by atoms with Crippen LogP contribution in [0.2, 0.25) is 0 Å². The smallest absolute Gasteiger partial charge is 0.303 e. The van der Waals surface area contributed by atoms with Gasteiger partial charge in [-0.1, -0.05) is 17.7 Å². The third-order valence-electron chi connectivity index (χ3n) is 7.69. The second-order valence-corrected chi connectivity index (χ2v) is 11.6. The number of hydrogen-bond acceptors (Lipinski definition) is 5. The number of hydrogen-bond donors (Lipinski definition) is 1. The number of carboxylic acid groups (broad SMARTS) is 1. The molecule has 0 bridgehead atoms. The van der Waals surface area contributed by atoms with E-state index >= 15 is 4.39 Å². The summed E-state index contributed by atoms with van der Waals surface area (Å²) >= 11 is 1.89. The highest BCUT2D eigenvalue weighted by atomic mass is 32.2. The first-order valence-corrected chi connectivity index (χ1v) is 14.6. The minimum absolute atomic E-state index is 0.173. The number of halogens is 1. The van der Waals surface area contributed by atoms with Gasteiger partial charge in [-0.05, 0) is 112 Å². The predicted octanol–water partition coefficient (Wildman–Crippen LogP) is 7.33. The molecule has 0 saturated carbocycles. The van der Waals surface area contributed by atoms with Gasteiger partial charge < -0.3 is 14.7 Å². The van der Waals surface area contributed by atoms with E-state index in [1.807, 2.05) is 30.0 Å². The molecule has 1 aromatic heterocycles. The second kappa shape index (κ2) is 13.9. The molecule has 3 aromatic rings. The van der Waals surface area contributed by atoms with Gasteiger partial charge in [0.1, 0.15) is 11.9 Å². The second-order valence-electron chi connectivity index (χ2n) is 10.4. The maximum Gasteiger partial charge on any atom is 0.303 e. The minimum Gasteiger partial charge on any atom is -0.497 e. The van der Waals surface area contributed by atoms with Gasteiger partial charge in [0.05, 0.1) is 12.6 Å². The highest BCUT2D eigenvalue weighted by Gasteiger charge is 2.30. The third kappa shape index (κ3) is 7.93. The van der Waals surface area contributed by atoms with Gasteiger partial charge in [-0.2, -0.15) is 0 Å². The van der Waals surface area contributed by atoms with Gasteiger partial charge in [0, 0.05) is 29.4 Å². The van der Waals surface area contributed by atoms with Crippen LogP contribution in [0.25, 0.3) is 10.9 Å². The molecule has 1 N–H and O–H groups in total. The van der Waals surface area contributed by atoms with Crippen LogP contribution >= 0.6 is 11.8 Å². The summed E-state index contributed by atoms with van der Waals surface area (Å²) in [5.41, 5.74) is 2.70. The van der Waals surface area contributed by atoms with Crippen molar-refractivity contribution in [1.29, 1.82) is 0 Å². The van der Waals surface area contributed by atoms with Crippen molar-refractivity contribution in [2.75, 3.05) is 32.5 Å². The lowest BCUT2D eigenvalue weighted by Gasteiger charge is -2.39. The summed E-state index contributed by atoms with van der Waals surface area (Å²) in [7, 11) is 1.61. The number of nitrogens with zero attached hydrogens (tertiary/aromatic N) is 2. The van der Waals surface area contributed by atoms with E-state index in [0.717, 1.165) is 55.6 Å². The number of thioether (sulfide) groups is 1. The highest BCUT2D eigenvalue weighted by Crippen LogP contribution is 2.36. The van der Waals surface area contributed by atoms with E-state index in [1.165, 1.54) is 10.5 Å². The lowest BCUT2D eigenvalue weighted by molar-refractivity contribution is -0.137. The molecule has 0 amide bonds. The molecule has 7 heteroatoms. The zero-order valence-corrected chi connectivity index (χ0v) is 23.3. The number of fused-ring (bicyclic) bond motifs is 1. The van der Waals surface area contributed by atoms with E-state index in [4.69, 9.17) is 4.74 Å². The number of piperidine rings is 1. The van der Waals surface area contributed by atoms with Crippen LogP contribution in [0.15, 0.2) is 59.6 Å². The largest absolute Gasteiger partial charge is 0.497 e. The molecule has 3 atom stereocenters. The van der Waals surface area contributed by atoms with Gasteiger partial charge in [-0.3, -0.25) is 9.78 Å². The van der Waals surface area contributed by atoms with Crippen molar-refractivity contribution in [1.82, 2.24) is 9.88 Å². The summed E-state index contributed by atoms with van der Waals surface area (Å²) in [6, 6.07) is 15.9. The van der Waals surface area contributed by atoms with Gasteiger partial charge in [0.15, 0.2) is 0 Å². The fraction of sp³-hybridized carbons (Fsp3) is 0.484. The van der Waals surface area contributed by atoms with E-state index in [-0.39, 0.29) is 12.3 Å². The maximum absolute atomic E-state index is 15.6. The molecular weight excluding hydrogens is 499 g/mol. The number of methoxy groups -OCH3 is 1. The highest BCUT2D eigenvalue weighted by molar-refractivity contribution is 7.99. The van der Waals surface area contributed by atoms with Crippen LogP contribution in [0.4, 0.5) is 4.39 Å². The standard InChI is InChI=1S/C31H39FN2O3S/c1-22-5-3-6-26(19-22)38-18-4-16-34-17-14-23(24(21-34)8-12-31(35)36)7-10-29(32)27-13-15-33-30-11-9-25(37-2)20-28(27)30/h3,5-6,9,11,13,15,19-20,23-24,29H,4,7-8,10,12,14,16-18,21H2,1-2H3,(H,35,36)/t23?,24?,29-/m0/s1. The van der Waals surface area contributed by atoms with Crippen LogP contribution in [0.3, 0.4) is 0 Å². The van der Waals surface area contributed by atoms with Gasteiger partial charge in [-0.15, -0.1) is 11.8 Å². The van der Waals surface area contributed by atoms with E-state index < -0.39 is 12.1 Å². The number of ether oxygens (including phenoxy) is 1. The van der Waals surface area contributed by atoms with Crippen molar-refractivity contribution in [2.24, 2.45) is 11.8 Å². The van der Waals surface area contributed by atoms with Crippen LogP contribution in [-0.2, 0) is 4.79 Å². The molecule has 1 aliphatic rings. The fourth-order valence-corrected chi connectivity index (χ4v) is 6.57. The molecule has 5 nitrogen and oxygen atoms in total. The zero-order valence-electron chi connectivity index (χ0n) is 22.4. The zero-order chi connectivity index (χ0) is 26.9. The van der Waals surface area contributed by atoms with Crippen molar-refractivity contribution < 1.29 is 19.0 Å². The number of aliphatic carboxylic acids is 1. The molecule has 4 rings (SSSR count). The fourth-order valence-electron chi connectivity index (χ4n) is 5.62. The Balaban J connectivity index is 1.32. The Kier molecular flexibility index (Phi) is 10.4. The molecule has 2 heterocycles. The topological polar surface area (TPSA) is 62.7 Å². The lowest BCUT2D eigenvalue weighted by atomic mass is 9.79. The van der Waals surface area contributed by atoms with Crippen LogP contribution in [0.5, 0.6) is 5.75 Å². The number of carboxylic acids is 1.